The molecule has 154 valence electrons. The summed E-state index contributed by atoms with van der Waals surface area (Å²) in [4.78, 5) is 14.7. The minimum absolute atomic E-state index is 0. The van der Waals surface area contributed by atoms with Gasteiger partial charge in [0.25, 0.3) is 0 Å². The number of carbonyl (C=O) groups is 1. The molecule has 0 unspecified atom stereocenters. The van der Waals surface area contributed by atoms with E-state index in [4.69, 9.17) is 0 Å². The highest BCUT2D eigenvalue weighted by molar-refractivity contribution is 6.01. The van der Waals surface area contributed by atoms with Gasteiger partial charge in [0.1, 0.15) is 17.5 Å². The van der Waals surface area contributed by atoms with Crippen LogP contribution in [0.15, 0.2) is 30.3 Å². The number of nitrogens with one attached hydrogen (secondary N) is 2. The minimum atomic E-state index is -0.989. The maximum Gasteiger partial charge on any atom is 0.228 e. The lowest BCUT2D eigenvalue weighted by molar-refractivity contribution is -0.121. The molecule has 1 aromatic heterocycles. The molecule has 9 heteroatoms. The summed E-state index contributed by atoms with van der Waals surface area (Å²) in [6, 6.07) is 5.94. The molecule has 0 atom stereocenters. The molecule has 0 radical (unpaired) electrons. The average molecular weight is 425 g/mol. The number of rotatable bonds is 3. The van der Waals surface area contributed by atoms with Crippen molar-refractivity contribution in [3.63, 3.8) is 0 Å². The van der Waals surface area contributed by atoms with Crippen molar-refractivity contribution >= 4 is 35.0 Å². The van der Waals surface area contributed by atoms with E-state index >= 15 is 0 Å². The van der Waals surface area contributed by atoms with Crippen molar-refractivity contribution in [2.75, 3.05) is 25.5 Å². The van der Waals surface area contributed by atoms with Crippen molar-refractivity contribution in [3.05, 3.63) is 47.8 Å². The molecule has 4 rings (SSSR count). The fraction of sp³-hybridized carbons (Fsp3) is 0.300. The zero-order valence-corrected chi connectivity index (χ0v) is 16.5. The number of aromatic amines is 1. The topological polar surface area (TPSA) is 61.0 Å². The molecule has 2 N–H and O–H groups in total. The van der Waals surface area contributed by atoms with Crippen LogP contribution in [0.5, 0.6) is 0 Å². The van der Waals surface area contributed by atoms with Crippen LogP contribution in [-0.2, 0) is 4.79 Å². The van der Waals surface area contributed by atoms with Crippen molar-refractivity contribution in [3.8, 4) is 11.1 Å². The smallest absolute Gasteiger partial charge is 0.228 e. The highest BCUT2D eigenvalue weighted by atomic mass is 35.5. The monoisotopic (exact) mass is 424 g/mol. The van der Waals surface area contributed by atoms with Gasteiger partial charge in [-0.2, -0.15) is 5.10 Å². The lowest BCUT2D eigenvalue weighted by atomic mass is 9.96. The average Bonchev–Trinajstić information content (AvgIpc) is 3.04. The number of benzene rings is 2. The van der Waals surface area contributed by atoms with E-state index in [1.807, 2.05) is 7.05 Å². The highest BCUT2D eigenvalue weighted by Gasteiger charge is 2.24. The van der Waals surface area contributed by atoms with Gasteiger partial charge in [0.2, 0.25) is 5.91 Å². The van der Waals surface area contributed by atoms with Crippen LogP contribution in [0.3, 0.4) is 0 Å². The zero-order chi connectivity index (χ0) is 19.8. The number of carbonyl (C=O) groups excluding carboxylic acids is 1. The van der Waals surface area contributed by atoms with Crippen LogP contribution in [0.4, 0.5) is 19.0 Å². The Bertz CT molecular complexity index is 1020. The third-order valence-electron chi connectivity index (χ3n) is 5.19. The summed E-state index contributed by atoms with van der Waals surface area (Å²) in [7, 11) is 2.02. The molecule has 0 saturated carbocycles. The van der Waals surface area contributed by atoms with Crippen molar-refractivity contribution < 1.29 is 18.0 Å². The van der Waals surface area contributed by atoms with Crippen LogP contribution in [0.2, 0.25) is 0 Å². The molecule has 2 heterocycles. The Labute approximate surface area is 171 Å². The van der Waals surface area contributed by atoms with Crippen LogP contribution in [0.1, 0.15) is 12.8 Å². The van der Waals surface area contributed by atoms with E-state index in [-0.39, 0.29) is 35.4 Å². The molecule has 1 saturated heterocycles. The summed E-state index contributed by atoms with van der Waals surface area (Å²) in [5.41, 5.74) is 0.529. The number of fused-ring (bicyclic) bond motifs is 1. The number of likely N-dealkylation sites (tertiary alicyclic amines) is 1. The lowest BCUT2D eigenvalue weighted by Gasteiger charge is -2.27. The molecule has 2 aromatic carbocycles. The summed E-state index contributed by atoms with van der Waals surface area (Å²) < 4.78 is 41.5. The number of nitrogens with zero attached hydrogens (tertiary/aromatic N) is 2. The summed E-state index contributed by atoms with van der Waals surface area (Å²) >= 11 is 0. The number of anilines is 1. The molecule has 1 aliphatic heterocycles. The molecule has 0 spiro atoms. The molecule has 29 heavy (non-hydrogen) atoms. The van der Waals surface area contributed by atoms with E-state index in [9.17, 15) is 18.0 Å². The van der Waals surface area contributed by atoms with Crippen LogP contribution in [-0.4, -0.2) is 41.1 Å². The molecule has 3 aromatic rings. The number of H-pyrrole nitrogens is 1. The van der Waals surface area contributed by atoms with Crippen molar-refractivity contribution in [1.82, 2.24) is 15.1 Å². The van der Waals surface area contributed by atoms with Crippen molar-refractivity contribution in [1.29, 1.82) is 0 Å². The first kappa shape index (κ1) is 21.1. The van der Waals surface area contributed by atoms with Gasteiger partial charge in [0.05, 0.1) is 11.1 Å². The van der Waals surface area contributed by atoms with E-state index in [0.717, 1.165) is 25.9 Å². The molecular weight excluding hydrogens is 405 g/mol. The standard InChI is InChI=1S/C20H19F3N4O.ClH/c1-27-6-4-11(5-7-27)20(28)24-19-14-8-12(2-3-17(14)25-26-19)18-15(22)9-13(21)10-16(18)23;/h2-3,8-11H,4-7H2,1H3,(H2,24,25,26,28);1H. The highest BCUT2D eigenvalue weighted by Crippen LogP contribution is 2.32. The Morgan fingerprint density at radius 1 is 1.14 bits per heavy atom. The first-order valence-electron chi connectivity index (χ1n) is 9.05. The van der Waals surface area contributed by atoms with Gasteiger partial charge in [-0.15, -0.1) is 12.4 Å². The number of hydrogen-bond donors (Lipinski definition) is 2. The predicted octanol–water partition coefficient (Wildman–Crippen LogP) is 4.35. The minimum Gasteiger partial charge on any atom is -0.308 e. The lowest BCUT2D eigenvalue weighted by Crippen LogP contribution is -2.36. The van der Waals surface area contributed by atoms with Gasteiger partial charge in [-0.3, -0.25) is 9.89 Å². The molecule has 0 aliphatic carbocycles. The molecule has 1 fully saturated rings. The summed E-state index contributed by atoms with van der Waals surface area (Å²) in [6.07, 6.45) is 1.53. The van der Waals surface area contributed by atoms with Gasteiger partial charge in [0, 0.05) is 23.4 Å². The maximum atomic E-state index is 14.1. The SMILES string of the molecule is CN1CCC(C(=O)Nc2n[nH]c3ccc(-c4c(F)cc(F)cc4F)cc23)CC1.Cl. The van der Waals surface area contributed by atoms with Crippen molar-refractivity contribution in [2.24, 2.45) is 5.92 Å². The maximum absolute atomic E-state index is 14.1. The van der Waals surface area contributed by atoms with Crippen LogP contribution in [0, 0.1) is 23.4 Å². The van der Waals surface area contributed by atoms with E-state index in [2.05, 4.69) is 20.4 Å². The summed E-state index contributed by atoms with van der Waals surface area (Å²) in [5.74, 6) is -2.86. The number of aromatic nitrogens is 2. The van der Waals surface area contributed by atoms with Gasteiger partial charge in [-0.25, -0.2) is 13.2 Å². The van der Waals surface area contributed by atoms with Crippen molar-refractivity contribution in [2.45, 2.75) is 12.8 Å². The van der Waals surface area contributed by atoms with Gasteiger partial charge < -0.3 is 10.2 Å². The second kappa shape index (κ2) is 8.42. The van der Waals surface area contributed by atoms with Gasteiger partial charge in [0.15, 0.2) is 5.82 Å². The zero-order valence-electron chi connectivity index (χ0n) is 15.6. The molecule has 1 aliphatic rings. The second-order valence-electron chi connectivity index (χ2n) is 7.14. The van der Waals surface area contributed by atoms with Crippen LogP contribution < -0.4 is 5.32 Å². The Morgan fingerprint density at radius 3 is 2.45 bits per heavy atom. The number of piperidine rings is 1. The quantitative estimate of drug-likeness (QED) is 0.657. The largest absolute Gasteiger partial charge is 0.308 e. The Hall–Kier alpha value is -2.58. The first-order valence-corrected chi connectivity index (χ1v) is 9.05. The van der Waals surface area contributed by atoms with Gasteiger partial charge in [-0.1, -0.05) is 6.07 Å². The Balaban J connectivity index is 0.00000240. The van der Waals surface area contributed by atoms with Gasteiger partial charge >= 0.3 is 0 Å². The number of hydrogen-bond acceptors (Lipinski definition) is 3. The fourth-order valence-electron chi connectivity index (χ4n) is 3.57. The van der Waals surface area contributed by atoms with E-state index < -0.39 is 17.5 Å². The molecule has 0 bridgehead atoms. The van der Waals surface area contributed by atoms with E-state index in [1.54, 1.807) is 6.07 Å². The Kier molecular flexibility index (Phi) is 6.14. The van der Waals surface area contributed by atoms with E-state index in [1.165, 1.54) is 12.1 Å². The van der Waals surface area contributed by atoms with Crippen LogP contribution in [0.25, 0.3) is 22.0 Å². The van der Waals surface area contributed by atoms with Gasteiger partial charge in [-0.05, 0) is 50.7 Å². The normalized spacial score (nSPS) is 15.3. The molecular formula is C20H20ClF3N4O. The molecule has 5 nitrogen and oxygen atoms in total. The third kappa shape index (κ3) is 4.23. The summed E-state index contributed by atoms with van der Waals surface area (Å²) in [6.45, 7) is 1.71. The number of halogens is 4. The summed E-state index contributed by atoms with van der Waals surface area (Å²) in [5, 5.41) is 10.3. The third-order valence-corrected chi connectivity index (χ3v) is 5.19. The van der Waals surface area contributed by atoms with E-state index in [0.29, 0.717) is 28.9 Å². The number of amides is 1. The second-order valence-corrected chi connectivity index (χ2v) is 7.14. The fourth-order valence-corrected chi connectivity index (χ4v) is 3.57. The Morgan fingerprint density at radius 2 is 1.79 bits per heavy atom. The molecule has 1 amide bonds. The van der Waals surface area contributed by atoms with Crippen LogP contribution >= 0.6 is 12.4 Å². The predicted molar refractivity (Wildman–Crippen MR) is 108 cm³/mol. The first-order chi connectivity index (χ1) is 13.4.